The zero-order valence-electron chi connectivity index (χ0n) is 13.3. The molecule has 0 bridgehead atoms. The minimum absolute atomic E-state index is 0.0427. The normalized spacial score (nSPS) is 10.5. The monoisotopic (exact) mass is 338 g/mol. The quantitative estimate of drug-likeness (QED) is 0.696. The first-order valence-electron chi connectivity index (χ1n) is 7.73. The molecular weight excluding hydrogens is 320 g/mol. The van der Waals surface area contributed by atoms with Crippen LogP contribution in [0.3, 0.4) is 0 Å². The van der Waals surface area contributed by atoms with Crippen molar-refractivity contribution in [3.05, 3.63) is 60.9 Å². The van der Waals surface area contributed by atoms with Gasteiger partial charge in [-0.15, -0.1) is 22.0 Å². The molecule has 1 N–H and O–H groups in total. The van der Waals surface area contributed by atoms with Crippen LogP contribution in [0, 0.1) is 0 Å². The van der Waals surface area contributed by atoms with E-state index in [0.29, 0.717) is 5.75 Å². The van der Waals surface area contributed by atoms with Gasteiger partial charge >= 0.3 is 0 Å². The number of rotatable bonds is 6. The molecule has 1 aromatic heterocycles. The van der Waals surface area contributed by atoms with Crippen molar-refractivity contribution in [2.24, 2.45) is 0 Å². The van der Waals surface area contributed by atoms with E-state index in [1.165, 1.54) is 11.8 Å². The number of hydrogen-bond donors (Lipinski definition) is 1. The van der Waals surface area contributed by atoms with Crippen LogP contribution in [0.15, 0.2) is 65.8 Å². The summed E-state index contributed by atoms with van der Waals surface area (Å²) in [6.45, 7) is 2.80. The van der Waals surface area contributed by atoms with Gasteiger partial charge in [0.05, 0.1) is 11.4 Å². The Morgan fingerprint density at radius 2 is 1.88 bits per heavy atom. The topological polar surface area (TPSA) is 59.8 Å². The molecule has 0 radical (unpaired) electrons. The summed E-state index contributed by atoms with van der Waals surface area (Å²) in [6.07, 6.45) is 1.69. The van der Waals surface area contributed by atoms with Gasteiger partial charge in [0, 0.05) is 17.0 Å². The van der Waals surface area contributed by atoms with E-state index in [2.05, 4.69) is 15.5 Å². The number of carbonyl (C=O) groups is 1. The molecule has 0 saturated heterocycles. The van der Waals surface area contributed by atoms with Gasteiger partial charge in [-0.2, -0.15) is 0 Å². The SMILES string of the molecule is CCn1cnnc1-c1ccccc1NC(=O)CSc1ccccc1. The summed E-state index contributed by atoms with van der Waals surface area (Å²) in [6, 6.07) is 17.5. The van der Waals surface area contributed by atoms with Crippen LogP contribution in [0.5, 0.6) is 0 Å². The third-order valence-electron chi connectivity index (χ3n) is 3.51. The first-order valence-corrected chi connectivity index (χ1v) is 8.71. The van der Waals surface area contributed by atoms with Gasteiger partial charge in [-0.25, -0.2) is 0 Å². The zero-order chi connectivity index (χ0) is 16.8. The zero-order valence-corrected chi connectivity index (χ0v) is 14.2. The van der Waals surface area contributed by atoms with Crippen molar-refractivity contribution in [2.45, 2.75) is 18.4 Å². The lowest BCUT2D eigenvalue weighted by molar-refractivity contribution is -0.113. The molecule has 3 aromatic rings. The van der Waals surface area contributed by atoms with Crippen LogP contribution in [0.25, 0.3) is 11.4 Å². The van der Waals surface area contributed by atoms with Crippen LogP contribution >= 0.6 is 11.8 Å². The van der Waals surface area contributed by atoms with E-state index in [-0.39, 0.29) is 5.91 Å². The highest BCUT2D eigenvalue weighted by molar-refractivity contribution is 8.00. The van der Waals surface area contributed by atoms with Crippen LogP contribution in [0.4, 0.5) is 5.69 Å². The first-order chi connectivity index (χ1) is 11.8. The number of benzene rings is 2. The van der Waals surface area contributed by atoms with Crippen molar-refractivity contribution in [2.75, 3.05) is 11.1 Å². The summed E-state index contributed by atoms with van der Waals surface area (Å²) in [7, 11) is 0. The van der Waals surface area contributed by atoms with Crippen LogP contribution in [0.2, 0.25) is 0 Å². The lowest BCUT2D eigenvalue weighted by Crippen LogP contribution is -2.15. The number of thioether (sulfide) groups is 1. The Hall–Kier alpha value is -2.60. The van der Waals surface area contributed by atoms with Crippen molar-refractivity contribution in [3.8, 4) is 11.4 Å². The predicted molar refractivity (Wildman–Crippen MR) is 96.9 cm³/mol. The highest BCUT2D eigenvalue weighted by atomic mass is 32.2. The second-order valence-corrected chi connectivity index (χ2v) is 6.18. The predicted octanol–water partition coefficient (Wildman–Crippen LogP) is 3.70. The van der Waals surface area contributed by atoms with Crippen molar-refractivity contribution in [3.63, 3.8) is 0 Å². The van der Waals surface area contributed by atoms with Crippen LogP contribution in [-0.4, -0.2) is 26.4 Å². The highest BCUT2D eigenvalue weighted by Crippen LogP contribution is 2.26. The largest absolute Gasteiger partial charge is 0.325 e. The number of anilines is 1. The molecule has 122 valence electrons. The second kappa shape index (κ2) is 7.79. The summed E-state index contributed by atoms with van der Waals surface area (Å²) in [5, 5.41) is 11.1. The van der Waals surface area contributed by atoms with Gasteiger partial charge in [0.15, 0.2) is 5.82 Å². The molecule has 0 aliphatic rings. The molecule has 2 aromatic carbocycles. The van der Waals surface area contributed by atoms with Gasteiger partial charge in [0.2, 0.25) is 5.91 Å². The Labute approximate surface area is 145 Å². The van der Waals surface area contributed by atoms with E-state index in [9.17, 15) is 4.79 Å². The van der Waals surface area contributed by atoms with Crippen molar-refractivity contribution in [1.82, 2.24) is 14.8 Å². The second-order valence-electron chi connectivity index (χ2n) is 5.14. The van der Waals surface area contributed by atoms with E-state index in [0.717, 1.165) is 28.5 Å². The van der Waals surface area contributed by atoms with Gasteiger partial charge in [0.1, 0.15) is 6.33 Å². The van der Waals surface area contributed by atoms with Crippen molar-refractivity contribution in [1.29, 1.82) is 0 Å². The molecule has 0 fully saturated rings. The third kappa shape index (κ3) is 3.83. The van der Waals surface area contributed by atoms with Crippen LogP contribution in [0.1, 0.15) is 6.92 Å². The number of para-hydroxylation sites is 1. The summed E-state index contributed by atoms with van der Waals surface area (Å²) >= 11 is 1.51. The Morgan fingerprint density at radius 3 is 2.67 bits per heavy atom. The van der Waals surface area contributed by atoms with Crippen molar-refractivity contribution >= 4 is 23.4 Å². The van der Waals surface area contributed by atoms with Crippen molar-refractivity contribution < 1.29 is 4.79 Å². The maximum atomic E-state index is 12.3. The number of nitrogens with zero attached hydrogens (tertiary/aromatic N) is 3. The summed E-state index contributed by atoms with van der Waals surface area (Å²) in [4.78, 5) is 13.4. The number of aryl methyl sites for hydroxylation is 1. The Balaban J connectivity index is 1.72. The molecule has 1 heterocycles. The molecule has 0 unspecified atom stereocenters. The third-order valence-corrected chi connectivity index (χ3v) is 4.52. The minimum Gasteiger partial charge on any atom is -0.325 e. The van der Waals surface area contributed by atoms with E-state index < -0.39 is 0 Å². The maximum Gasteiger partial charge on any atom is 0.234 e. The standard InChI is InChI=1S/C18H18N4OS/c1-2-22-13-19-21-18(22)15-10-6-7-11-16(15)20-17(23)12-24-14-8-4-3-5-9-14/h3-11,13H,2,12H2,1H3,(H,20,23). The number of amides is 1. The van der Waals surface area contributed by atoms with Gasteiger partial charge in [0.25, 0.3) is 0 Å². The number of aromatic nitrogens is 3. The van der Waals surface area contributed by atoms with Gasteiger partial charge < -0.3 is 9.88 Å². The summed E-state index contributed by atoms with van der Waals surface area (Å²) in [5.41, 5.74) is 1.62. The first kappa shape index (κ1) is 16.3. The number of nitrogens with one attached hydrogen (secondary N) is 1. The molecule has 0 aliphatic heterocycles. The Kier molecular flexibility index (Phi) is 5.28. The lowest BCUT2D eigenvalue weighted by atomic mass is 10.1. The smallest absolute Gasteiger partial charge is 0.234 e. The molecule has 0 spiro atoms. The number of hydrogen-bond acceptors (Lipinski definition) is 4. The molecule has 3 rings (SSSR count). The highest BCUT2D eigenvalue weighted by Gasteiger charge is 2.13. The molecule has 0 atom stereocenters. The maximum absolute atomic E-state index is 12.3. The van der Waals surface area contributed by atoms with Gasteiger partial charge in [-0.1, -0.05) is 30.3 Å². The van der Waals surface area contributed by atoms with Crippen LogP contribution < -0.4 is 5.32 Å². The fourth-order valence-corrected chi connectivity index (χ4v) is 3.05. The molecule has 0 saturated carbocycles. The van der Waals surface area contributed by atoms with E-state index in [4.69, 9.17) is 0 Å². The Bertz CT molecular complexity index is 817. The lowest BCUT2D eigenvalue weighted by Gasteiger charge is -2.11. The number of carbonyl (C=O) groups excluding carboxylic acids is 1. The van der Waals surface area contributed by atoms with Gasteiger partial charge in [-0.05, 0) is 31.2 Å². The van der Waals surface area contributed by atoms with Crippen LogP contribution in [-0.2, 0) is 11.3 Å². The summed E-state index contributed by atoms with van der Waals surface area (Å²) in [5.74, 6) is 1.07. The molecule has 1 amide bonds. The fourth-order valence-electron chi connectivity index (χ4n) is 2.33. The molecular formula is C18H18N4OS. The van der Waals surface area contributed by atoms with Gasteiger partial charge in [-0.3, -0.25) is 4.79 Å². The molecule has 0 aliphatic carbocycles. The Morgan fingerprint density at radius 1 is 1.12 bits per heavy atom. The molecule has 6 heteroatoms. The minimum atomic E-state index is -0.0427. The molecule has 5 nitrogen and oxygen atoms in total. The van der Waals surface area contributed by atoms with E-state index in [1.54, 1.807) is 6.33 Å². The van der Waals surface area contributed by atoms with E-state index in [1.807, 2.05) is 66.1 Å². The average Bonchev–Trinajstić information content (AvgIpc) is 3.10. The summed E-state index contributed by atoms with van der Waals surface area (Å²) < 4.78 is 1.95. The van der Waals surface area contributed by atoms with E-state index >= 15 is 0 Å². The average molecular weight is 338 g/mol. The fraction of sp³-hybridized carbons (Fsp3) is 0.167. The molecule has 24 heavy (non-hydrogen) atoms.